The molecule has 0 aliphatic heterocycles. The molecule has 0 aliphatic rings. The number of rotatable bonds is 5. The van der Waals surface area contributed by atoms with Crippen molar-refractivity contribution in [2.75, 3.05) is 6.26 Å². The summed E-state index contributed by atoms with van der Waals surface area (Å²) in [6.45, 7) is 1.93. The third kappa shape index (κ3) is 3.53. The number of hydrogen-bond donors (Lipinski definition) is 1. The Morgan fingerprint density at radius 1 is 1.24 bits per heavy atom. The fourth-order valence-electron chi connectivity index (χ4n) is 2.54. The summed E-state index contributed by atoms with van der Waals surface area (Å²) < 4.78 is 28.2. The Kier molecular flexibility index (Phi) is 4.54. The minimum atomic E-state index is -3.25. The van der Waals surface area contributed by atoms with Gasteiger partial charge in [0.15, 0.2) is 9.84 Å². The summed E-state index contributed by atoms with van der Waals surface area (Å²) in [7, 11) is -3.25. The number of sulfone groups is 1. The molecule has 8 heteroatoms. The number of benzene rings is 1. The van der Waals surface area contributed by atoms with Gasteiger partial charge in [-0.15, -0.1) is 0 Å². The number of aromatic nitrogens is 2. The highest BCUT2D eigenvalue weighted by atomic mass is 32.2. The molecule has 3 rings (SSSR count). The molecule has 1 unspecified atom stereocenters. The Labute approximate surface area is 145 Å². The second-order valence-corrected chi connectivity index (χ2v) is 7.68. The molecule has 1 N–H and O–H groups in total. The summed E-state index contributed by atoms with van der Waals surface area (Å²) in [6, 6.07) is 9.61. The molecule has 25 heavy (non-hydrogen) atoms. The molecule has 0 fully saturated rings. The first-order valence-corrected chi connectivity index (χ1v) is 9.60. The predicted octanol–water partition coefficient (Wildman–Crippen LogP) is 2.51. The van der Waals surface area contributed by atoms with Crippen LogP contribution in [-0.2, 0) is 9.84 Å². The Balaban J connectivity index is 1.83. The molecular weight excluding hydrogens is 342 g/mol. The van der Waals surface area contributed by atoms with Gasteiger partial charge in [-0.1, -0.05) is 24.2 Å². The minimum Gasteiger partial charge on any atom is -0.348 e. The molecule has 0 radical (unpaired) electrons. The van der Waals surface area contributed by atoms with Crippen molar-refractivity contribution in [1.82, 2.24) is 15.5 Å². The zero-order chi connectivity index (χ0) is 18.0. The van der Waals surface area contributed by atoms with Gasteiger partial charge in [0.05, 0.1) is 16.3 Å². The largest absolute Gasteiger partial charge is 0.348 e. The number of fused-ring (bicyclic) bond motifs is 1. The smallest absolute Gasteiger partial charge is 0.291 e. The van der Waals surface area contributed by atoms with Crippen molar-refractivity contribution < 1.29 is 17.7 Å². The molecule has 1 aromatic carbocycles. The first-order valence-electron chi connectivity index (χ1n) is 7.71. The van der Waals surface area contributed by atoms with Crippen molar-refractivity contribution in [2.24, 2.45) is 0 Å². The normalized spacial score (nSPS) is 12.9. The summed E-state index contributed by atoms with van der Waals surface area (Å²) in [5.41, 5.74) is 1.18. The fourth-order valence-corrected chi connectivity index (χ4v) is 3.17. The summed E-state index contributed by atoms with van der Waals surface area (Å²) in [4.78, 5) is 16.8. The molecule has 0 saturated heterocycles. The second-order valence-electron chi connectivity index (χ2n) is 5.66. The van der Waals surface area contributed by atoms with Crippen molar-refractivity contribution in [1.29, 1.82) is 0 Å². The van der Waals surface area contributed by atoms with Gasteiger partial charge in [0, 0.05) is 12.5 Å². The molecular formula is C17H17N3O4S. The van der Waals surface area contributed by atoms with Gasteiger partial charge >= 0.3 is 0 Å². The molecule has 130 valence electrons. The van der Waals surface area contributed by atoms with Crippen molar-refractivity contribution >= 4 is 26.8 Å². The number of amides is 1. The van der Waals surface area contributed by atoms with Crippen LogP contribution in [0.25, 0.3) is 11.0 Å². The molecule has 0 saturated carbocycles. The summed E-state index contributed by atoms with van der Waals surface area (Å²) in [6.07, 6.45) is 3.36. The lowest BCUT2D eigenvalue weighted by Gasteiger charge is -2.17. The standard InChI is InChI=1S/C17H17N3O4S/c1-3-14(11-6-8-12(9-7-11)25(2,22)23)19-17(21)15-13-5-4-10-18-16(13)20-24-15/h4-10,14H,3H2,1-2H3,(H,19,21). The predicted molar refractivity (Wildman–Crippen MR) is 91.9 cm³/mol. The SMILES string of the molecule is CCC(NC(=O)c1onc2ncccc12)c1ccc(S(C)(=O)=O)cc1. The Bertz CT molecular complexity index is 1010. The quantitative estimate of drug-likeness (QED) is 0.751. The number of nitrogens with one attached hydrogen (secondary N) is 1. The van der Waals surface area contributed by atoms with Gasteiger partial charge < -0.3 is 9.84 Å². The maximum absolute atomic E-state index is 12.5. The van der Waals surface area contributed by atoms with Crippen molar-refractivity contribution in [3.63, 3.8) is 0 Å². The van der Waals surface area contributed by atoms with E-state index < -0.39 is 15.7 Å². The summed E-state index contributed by atoms with van der Waals surface area (Å²) >= 11 is 0. The van der Waals surface area contributed by atoms with E-state index >= 15 is 0 Å². The highest BCUT2D eigenvalue weighted by Crippen LogP contribution is 2.21. The van der Waals surface area contributed by atoms with E-state index in [2.05, 4.69) is 15.5 Å². The second kappa shape index (κ2) is 6.64. The van der Waals surface area contributed by atoms with E-state index in [-0.39, 0.29) is 16.7 Å². The number of carbonyl (C=O) groups is 1. The molecule has 0 spiro atoms. The molecule has 1 atom stereocenters. The van der Waals surface area contributed by atoms with Gasteiger partial charge in [-0.05, 0) is 36.2 Å². The number of carbonyl (C=O) groups excluding carboxylic acids is 1. The molecule has 1 amide bonds. The van der Waals surface area contributed by atoms with Crippen LogP contribution in [0.5, 0.6) is 0 Å². The van der Waals surface area contributed by atoms with Gasteiger partial charge in [-0.3, -0.25) is 4.79 Å². The van der Waals surface area contributed by atoms with Crippen LogP contribution in [0.3, 0.4) is 0 Å². The number of nitrogens with zero attached hydrogens (tertiary/aromatic N) is 2. The molecule has 2 heterocycles. The van der Waals surface area contributed by atoms with Crippen molar-refractivity contribution in [2.45, 2.75) is 24.3 Å². The first kappa shape index (κ1) is 17.1. The lowest BCUT2D eigenvalue weighted by molar-refractivity contribution is 0.0900. The molecule has 3 aromatic rings. The van der Waals surface area contributed by atoms with Crippen LogP contribution in [0.2, 0.25) is 0 Å². The van der Waals surface area contributed by atoms with E-state index in [1.54, 1.807) is 30.5 Å². The topological polar surface area (TPSA) is 102 Å². The lowest BCUT2D eigenvalue weighted by Crippen LogP contribution is -2.28. The zero-order valence-corrected chi connectivity index (χ0v) is 14.6. The number of hydrogen-bond acceptors (Lipinski definition) is 6. The van der Waals surface area contributed by atoms with Gasteiger partial charge in [0.1, 0.15) is 0 Å². The van der Waals surface area contributed by atoms with Crippen LogP contribution < -0.4 is 5.32 Å². The highest BCUT2D eigenvalue weighted by molar-refractivity contribution is 7.90. The molecule has 2 aromatic heterocycles. The van der Waals surface area contributed by atoms with E-state index in [1.807, 2.05) is 6.92 Å². The van der Waals surface area contributed by atoms with Crippen LogP contribution in [0, 0.1) is 0 Å². The van der Waals surface area contributed by atoms with Crippen LogP contribution in [0.4, 0.5) is 0 Å². The number of pyridine rings is 1. The van der Waals surface area contributed by atoms with Crippen molar-refractivity contribution in [3.05, 3.63) is 53.9 Å². The maximum Gasteiger partial charge on any atom is 0.291 e. The average molecular weight is 359 g/mol. The third-order valence-corrected chi connectivity index (χ3v) is 5.01. The Hall–Kier alpha value is -2.74. The molecule has 0 aliphatic carbocycles. The van der Waals surface area contributed by atoms with Crippen LogP contribution in [0.1, 0.15) is 35.5 Å². The van der Waals surface area contributed by atoms with E-state index in [1.165, 1.54) is 12.1 Å². The van der Waals surface area contributed by atoms with Gasteiger partial charge in [0.2, 0.25) is 11.4 Å². The van der Waals surface area contributed by atoms with Gasteiger partial charge in [0.25, 0.3) is 5.91 Å². The first-order chi connectivity index (χ1) is 11.9. The van der Waals surface area contributed by atoms with E-state index in [0.29, 0.717) is 17.5 Å². The van der Waals surface area contributed by atoms with E-state index in [4.69, 9.17) is 4.52 Å². The van der Waals surface area contributed by atoms with Crippen LogP contribution in [-0.4, -0.2) is 30.7 Å². The Morgan fingerprint density at radius 2 is 1.96 bits per heavy atom. The zero-order valence-electron chi connectivity index (χ0n) is 13.8. The highest BCUT2D eigenvalue weighted by Gasteiger charge is 2.21. The van der Waals surface area contributed by atoms with Crippen LogP contribution >= 0.6 is 0 Å². The van der Waals surface area contributed by atoms with Crippen LogP contribution in [0.15, 0.2) is 52.0 Å². The average Bonchev–Trinajstić information content (AvgIpc) is 3.03. The van der Waals surface area contributed by atoms with Crippen molar-refractivity contribution in [3.8, 4) is 0 Å². The molecule has 7 nitrogen and oxygen atoms in total. The third-order valence-electron chi connectivity index (χ3n) is 3.89. The summed E-state index contributed by atoms with van der Waals surface area (Å²) in [5.74, 6) is -0.288. The monoisotopic (exact) mass is 359 g/mol. The fraction of sp³-hybridized carbons (Fsp3) is 0.235. The minimum absolute atomic E-state index is 0.106. The maximum atomic E-state index is 12.5. The van der Waals surface area contributed by atoms with Gasteiger partial charge in [-0.25, -0.2) is 13.4 Å². The Morgan fingerprint density at radius 3 is 2.60 bits per heavy atom. The van der Waals surface area contributed by atoms with Gasteiger partial charge in [-0.2, -0.15) is 0 Å². The molecule has 0 bridgehead atoms. The lowest BCUT2D eigenvalue weighted by atomic mass is 10.0. The summed E-state index contributed by atoms with van der Waals surface area (Å²) in [5, 5.41) is 7.20. The van der Waals surface area contributed by atoms with E-state index in [9.17, 15) is 13.2 Å². The van der Waals surface area contributed by atoms with E-state index in [0.717, 1.165) is 11.8 Å².